The number of pyridine rings is 1. The van der Waals surface area contributed by atoms with Crippen molar-refractivity contribution in [3.05, 3.63) is 30.4 Å². The first-order valence-corrected chi connectivity index (χ1v) is 9.79. The first-order valence-electron chi connectivity index (χ1n) is 9.79. The number of amides is 2. The smallest absolute Gasteiger partial charge is 0.288 e. The summed E-state index contributed by atoms with van der Waals surface area (Å²) in [5.41, 5.74) is 2.25. The van der Waals surface area contributed by atoms with Crippen LogP contribution in [-0.4, -0.2) is 57.8 Å². The molecule has 3 N–H and O–H groups in total. The molecule has 0 unspecified atom stereocenters. The normalized spacial score (nSPS) is 16.8. The molecule has 29 heavy (non-hydrogen) atoms. The number of nitrogens with one attached hydrogen (secondary N) is 3. The average molecular weight is 396 g/mol. The van der Waals surface area contributed by atoms with Crippen molar-refractivity contribution in [3.8, 4) is 11.5 Å². The summed E-state index contributed by atoms with van der Waals surface area (Å²) in [6, 6.07) is 2.04. The molecule has 3 aromatic heterocycles. The fourth-order valence-corrected chi connectivity index (χ4v) is 3.70. The number of carbonyl (C=O) groups excluding carboxylic acids is 2. The predicted octanol–water partition coefficient (Wildman–Crippen LogP) is 2.39. The molecule has 3 aromatic rings. The Labute approximate surface area is 167 Å². The molecule has 1 saturated heterocycles. The minimum absolute atomic E-state index is 0.104. The highest BCUT2D eigenvalue weighted by Crippen LogP contribution is 2.34. The van der Waals surface area contributed by atoms with Gasteiger partial charge in [0.25, 0.3) is 5.91 Å². The Morgan fingerprint density at radius 2 is 2.21 bits per heavy atom. The Hall–Kier alpha value is -3.36. The van der Waals surface area contributed by atoms with Crippen molar-refractivity contribution in [2.75, 3.05) is 25.5 Å². The number of aromatic nitrogens is 3. The first kappa shape index (κ1) is 19.0. The number of fused-ring (bicyclic) bond motifs is 1. The molecular weight excluding hydrogens is 372 g/mol. The van der Waals surface area contributed by atoms with E-state index in [-0.39, 0.29) is 23.6 Å². The Kier molecular flexibility index (Phi) is 5.20. The summed E-state index contributed by atoms with van der Waals surface area (Å²) < 4.78 is 5.68. The summed E-state index contributed by atoms with van der Waals surface area (Å²) in [6.07, 6.45) is 7.32. The Balaban J connectivity index is 1.68. The van der Waals surface area contributed by atoms with Crippen LogP contribution < -0.4 is 10.6 Å². The molecular formula is C20H24N6O3. The van der Waals surface area contributed by atoms with Crippen molar-refractivity contribution in [3.63, 3.8) is 0 Å². The Morgan fingerprint density at radius 3 is 3.00 bits per heavy atom. The predicted molar refractivity (Wildman–Crippen MR) is 108 cm³/mol. The van der Waals surface area contributed by atoms with Gasteiger partial charge in [-0.05, 0) is 18.9 Å². The molecule has 9 heteroatoms. The number of carbonyl (C=O) groups is 2. The molecule has 0 bridgehead atoms. The molecule has 0 aliphatic carbocycles. The van der Waals surface area contributed by atoms with E-state index in [9.17, 15) is 9.59 Å². The highest BCUT2D eigenvalue weighted by Gasteiger charge is 2.25. The van der Waals surface area contributed by atoms with E-state index in [1.807, 2.05) is 24.1 Å². The molecule has 0 spiro atoms. The highest BCUT2D eigenvalue weighted by atomic mass is 16.4. The first-order chi connectivity index (χ1) is 14.1. The van der Waals surface area contributed by atoms with Gasteiger partial charge in [-0.3, -0.25) is 9.59 Å². The number of H-pyrrole nitrogens is 1. The molecule has 1 fully saturated rings. The summed E-state index contributed by atoms with van der Waals surface area (Å²) in [6.45, 7) is 3.33. The second kappa shape index (κ2) is 7.94. The van der Waals surface area contributed by atoms with E-state index < -0.39 is 0 Å². The lowest BCUT2D eigenvalue weighted by molar-refractivity contribution is -0.131. The number of aromatic amines is 1. The number of hydrogen-bond donors (Lipinski definition) is 3. The number of hydrogen-bond acceptors (Lipinski definition) is 6. The molecule has 152 valence electrons. The molecule has 4 heterocycles. The van der Waals surface area contributed by atoms with Crippen molar-refractivity contribution in [1.29, 1.82) is 0 Å². The van der Waals surface area contributed by atoms with E-state index >= 15 is 0 Å². The zero-order chi connectivity index (χ0) is 20.4. The number of anilines is 1. The van der Waals surface area contributed by atoms with Gasteiger partial charge in [-0.1, -0.05) is 6.92 Å². The van der Waals surface area contributed by atoms with E-state index in [0.29, 0.717) is 24.4 Å². The summed E-state index contributed by atoms with van der Waals surface area (Å²) in [4.78, 5) is 37.7. The van der Waals surface area contributed by atoms with Gasteiger partial charge in [0.15, 0.2) is 0 Å². The number of nitrogens with zero attached hydrogens (tertiary/aromatic N) is 3. The molecule has 4 rings (SSSR count). The minimum atomic E-state index is -0.338. The van der Waals surface area contributed by atoms with Crippen molar-refractivity contribution in [2.24, 2.45) is 0 Å². The summed E-state index contributed by atoms with van der Waals surface area (Å²) >= 11 is 0. The van der Waals surface area contributed by atoms with Crippen LogP contribution in [-0.2, 0) is 4.79 Å². The van der Waals surface area contributed by atoms with E-state index in [1.165, 1.54) is 13.2 Å². The van der Waals surface area contributed by atoms with Crippen molar-refractivity contribution in [2.45, 2.75) is 32.2 Å². The van der Waals surface area contributed by atoms with Gasteiger partial charge in [0.2, 0.25) is 17.6 Å². The zero-order valence-corrected chi connectivity index (χ0v) is 16.5. The van der Waals surface area contributed by atoms with Crippen LogP contribution in [0.25, 0.3) is 22.5 Å². The van der Waals surface area contributed by atoms with E-state index in [2.05, 4.69) is 25.6 Å². The third-order valence-corrected chi connectivity index (χ3v) is 5.20. The third kappa shape index (κ3) is 3.67. The van der Waals surface area contributed by atoms with E-state index in [4.69, 9.17) is 4.42 Å². The molecule has 0 saturated carbocycles. The second-order valence-corrected chi connectivity index (χ2v) is 7.07. The van der Waals surface area contributed by atoms with E-state index in [0.717, 1.165) is 36.1 Å². The molecule has 2 amide bonds. The van der Waals surface area contributed by atoms with Gasteiger partial charge in [-0.2, -0.15) is 0 Å². The molecule has 0 radical (unpaired) electrons. The van der Waals surface area contributed by atoms with Gasteiger partial charge >= 0.3 is 0 Å². The summed E-state index contributed by atoms with van der Waals surface area (Å²) in [5, 5.41) is 7.01. The van der Waals surface area contributed by atoms with Crippen molar-refractivity contribution >= 4 is 28.5 Å². The summed E-state index contributed by atoms with van der Waals surface area (Å²) in [7, 11) is 1.54. The zero-order valence-electron chi connectivity index (χ0n) is 16.5. The lowest BCUT2D eigenvalue weighted by atomic mass is 10.0. The van der Waals surface area contributed by atoms with Gasteiger partial charge in [-0.15, -0.1) is 0 Å². The molecule has 1 atom stereocenters. The van der Waals surface area contributed by atoms with Gasteiger partial charge in [0, 0.05) is 50.4 Å². The molecule has 0 aromatic carbocycles. The van der Waals surface area contributed by atoms with E-state index in [1.54, 1.807) is 6.20 Å². The number of oxazole rings is 1. The van der Waals surface area contributed by atoms with Crippen molar-refractivity contribution in [1.82, 2.24) is 25.2 Å². The maximum absolute atomic E-state index is 12.1. The second-order valence-electron chi connectivity index (χ2n) is 7.07. The van der Waals surface area contributed by atoms with Crippen LogP contribution in [0, 0.1) is 0 Å². The molecule has 9 nitrogen and oxygen atoms in total. The van der Waals surface area contributed by atoms with Crippen LogP contribution in [0.4, 0.5) is 5.69 Å². The van der Waals surface area contributed by atoms with Gasteiger partial charge in [-0.25, -0.2) is 9.97 Å². The fraction of sp³-hybridized carbons (Fsp3) is 0.400. The standard InChI is InChI=1S/C20H24N6O3/c1-3-16(27)26-8-4-5-12(11-26)25-17-13-6-7-22-18(13)23-9-14(17)20-24-10-15(29-20)19(28)21-2/h6-7,9-10,12H,3-5,8,11H2,1-2H3,(H,21,28)(H2,22,23,25)/t12-/m1/s1. The lowest BCUT2D eigenvalue weighted by Crippen LogP contribution is -2.45. The van der Waals surface area contributed by atoms with Crippen LogP contribution in [0.2, 0.25) is 0 Å². The topological polar surface area (TPSA) is 116 Å². The number of piperidine rings is 1. The van der Waals surface area contributed by atoms with Gasteiger partial charge < -0.3 is 24.9 Å². The quantitative estimate of drug-likeness (QED) is 0.610. The SMILES string of the molecule is CCC(=O)N1CCC[C@@H](Nc2c(-c3ncc(C(=O)NC)o3)cnc3[nH]ccc23)C1. The number of rotatable bonds is 5. The monoisotopic (exact) mass is 396 g/mol. The average Bonchev–Trinajstić information content (AvgIpc) is 3.43. The van der Waals surface area contributed by atoms with Gasteiger partial charge in [0.05, 0.1) is 17.4 Å². The Bertz CT molecular complexity index is 1040. The van der Waals surface area contributed by atoms with Gasteiger partial charge in [0.1, 0.15) is 5.65 Å². The fourth-order valence-electron chi connectivity index (χ4n) is 3.70. The van der Waals surface area contributed by atoms with Crippen LogP contribution in [0.5, 0.6) is 0 Å². The lowest BCUT2D eigenvalue weighted by Gasteiger charge is -2.34. The molecule has 1 aliphatic heterocycles. The van der Waals surface area contributed by atoms with Crippen molar-refractivity contribution < 1.29 is 14.0 Å². The number of likely N-dealkylation sites (tertiary alicyclic amines) is 1. The Morgan fingerprint density at radius 1 is 1.34 bits per heavy atom. The summed E-state index contributed by atoms with van der Waals surface area (Å²) in [5.74, 6) is 0.287. The maximum atomic E-state index is 12.1. The molecule has 1 aliphatic rings. The van der Waals surface area contributed by atoms with Crippen LogP contribution in [0.1, 0.15) is 36.7 Å². The van der Waals surface area contributed by atoms with Crippen LogP contribution in [0.3, 0.4) is 0 Å². The highest BCUT2D eigenvalue weighted by molar-refractivity contribution is 5.97. The maximum Gasteiger partial charge on any atom is 0.288 e. The van der Waals surface area contributed by atoms with Crippen LogP contribution in [0.15, 0.2) is 29.1 Å². The third-order valence-electron chi connectivity index (χ3n) is 5.20. The largest absolute Gasteiger partial charge is 0.431 e. The van der Waals surface area contributed by atoms with Crippen LogP contribution >= 0.6 is 0 Å². The minimum Gasteiger partial charge on any atom is -0.431 e.